The number of carboxylic acid groups (broad SMARTS) is 1. The third-order valence-corrected chi connectivity index (χ3v) is 4.53. The summed E-state index contributed by atoms with van der Waals surface area (Å²) in [5.74, 6) is -2.11. The lowest BCUT2D eigenvalue weighted by Crippen LogP contribution is -2.26. The quantitative estimate of drug-likeness (QED) is 0.767. The molecule has 0 spiro atoms. The van der Waals surface area contributed by atoms with Crippen LogP contribution < -0.4 is 0 Å². The van der Waals surface area contributed by atoms with Gasteiger partial charge in [-0.1, -0.05) is 6.07 Å². The van der Waals surface area contributed by atoms with E-state index in [4.69, 9.17) is 5.11 Å². The van der Waals surface area contributed by atoms with Crippen molar-refractivity contribution in [3.63, 3.8) is 0 Å². The minimum Gasteiger partial charge on any atom is -0.480 e. The van der Waals surface area contributed by atoms with E-state index in [0.29, 0.717) is 0 Å². The van der Waals surface area contributed by atoms with Crippen LogP contribution in [0.5, 0.6) is 0 Å². The Morgan fingerprint density at radius 3 is 2.67 bits per heavy atom. The summed E-state index contributed by atoms with van der Waals surface area (Å²) in [6.07, 6.45) is -0.292. The third-order valence-electron chi connectivity index (χ3n) is 2.42. The average molecular weight is 230 g/mol. The maximum Gasteiger partial charge on any atom is 0.322 e. The summed E-state index contributed by atoms with van der Waals surface area (Å²) in [7, 11) is -3.91. The molecule has 1 N–H and O–H groups in total. The van der Waals surface area contributed by atoms with Gasteiger partial charge in [0.05, 0.1) is 4.90 Å². The molecule has 1 aliphatic rings. The number of carbonyl (C=O) groups is 1. The van der Waals surface area contributed by atoms with E-state index >= 15 is 0 Å². The number of fused-ring (bicyclic) bond motifs is 1. The van der Waals surface area contributed by atoms with Crippen molar-refractivity contribution in [2.45, 2.75) is 16.6 Å². The third kappa shape index (κ3) is 1.32. The molecule has 0 bridgehead atoms. The molecule has 1 aromatic rings. The lowest BCUT2D eigenvalue weighted by Gasteiger charge is -2.01. The first-order valence-electron chi connectivity index (χ1n) is 4.18. The number of aliphatic carboxylic acids is 1. The Labute approximate surface area is 85.3 Å². The molecule has 1 heterocycles. The Morgan fingerprint density at radius 2 is 2.13 bits per heavy atom. The Balaban J connectivity index is 2.68. The second-order valence-electron chi connectivity index (χ2n) is 3.29. The summed E-state index contributed by atoms with van der Waals surface area (Å²) in [5.41, 5.74) is -0.0232. The average Bonchev–Trinajstić information content (AvgIpc) is 2.40. The van der Waals surface area contributed by atoms with Crippen molar-refractivity contribution in [2.24, 2.45) is 0 Å². The standard InChI is InChI=1S/C9H7FO4S/c10-6-2-1-3-7-5(6)4-8(9(11)12)15(7,13)14/h1-3,8H,4H2,(H,11,12). The van der Waals surface area contributed by atoms with E-state index in [2.05, 4.69) is 0 Å². The first-order valence-corrected chi connectivity index (χ1v) is 5.73. The molecule has 4 nitrogen and oxygen atoms in total. The van der Waals surface area contributed by atoms with Crippen molar-refractivity contribution in [1.29, 1.82) is 0 Å². The van der Waals surface area contributed by atoms with E-state index in [1.165, 1.54) is 12.1 Å². The smallest absolute Gasteiger partial charge is 0.322 e. The van der Waals surface area contributed by atoms with Gasteiger partial charge in [-0.3, -0.25) is 4.79 Å². The number of hydrogen-bond donors (Lipinski definition) is 1. The van der Waals surface area contributed by atoms with Crippen LogP contribution in [0.25, 0.3) is 0 Å². The summed E-state index contributed by atoms with van der Waals surface area (Å²) in [6, 6.07) is 3.62. The van der Waals surface area contributed by atoms with Crippen LogP contribution in [-0.2, 0) is 21.1 Å². The van der Waals surface area contributed by atoms with Gasteiger partial charge in [-0.05, 0) is 12.1 Å². The summed E-state index contributed by atoms with van der Waals surface area (Å²) >= 11 is 0. The number of hydrogen-bond acceptors (Lipinski definition) is 3. The van der Waals surface area contributed by atoms with Crippen molar-refractivity contribution in [1.82, 2.24) is 0 Å². The van der Waals surface area contributed by atoms with Gasteiger partial charge >= 0.3 is 5.97 Å². The molecule has 0 radical (unpaired) electrons. The molecule has 80 valence electrons. The number of rotatable bonds is 1. The van der Waals surface area contributed by atoms with Crippen molar-refractivity contribution >= 4 is 15.8 Å². The van der Waals surface area contributed by atoms with Crippen LogP contribution in [-0.4, -0.2) is 24.7 Å². The van der Waals surface area contributed by atoms with Crippen LogP contribution in [0, 0.1) is 5.82 Å². The highest BCUT2D eigenvalue weighted by Crippen LogP contribution is 2.32. The van der Waals surface area contributed by atoms with Gasteiger partial charge in [0.15, 0.2) is 15.1 Å². The fourth-order valence-electron chi connectivity index (χ4n) is 1.67. The van der Waals surface area contributed by atoms with Crippen LogP contribution in [0.15, 0.2) is 23.1 Å². The van der Waals surface area contributed by atoms with E-state index < -0.39 is 26.9 Å². The second-order valence-corrected chi connectivity index (χ2v) is 5.39. The first-order chi connectivity index (χ1) is 6.94. The predicted molar refractivity (Wildman–Crippen MR) is 48.7 cm³/mol. The lowest BCUT2D eigenvalue weighted by atomic mass is 10.1. The van der Waals surface area contributed by atoms with Gasteiger partial charge in [-0.15, -0.1) is 0 Å². The lowest BCUT2D eigenvalue weighted by molar-refractivity contribution is -0.136. The predicted octanol–water partition coefficient (Wildman–Crippen LogP) is 0.609. The largest absolute Gasteiger partial charge is 0.480 e. The maximum absolute atomic E-state index is 13.2. The van der Waals surface area contributed by atoms with E-state index in [1.807, 2.05) is 0 Å². The molecule has 0 fully saturated rings. The van der Waals surface area contributed by atoms with Crippen LogP contribution in [0.3, 0.4) is 0 Å². The highest BCUT2D eigenvalue weighted by Gasteiger charge is 2.43. The molecule has 0 aliphatic carbocycles. The molecular weight excluding hydrogens is 223 g/mol. The molecule has 0 saturated heterocycles. The summed E-state index contributed by atoms with van der Waals surface area (Å²) in [5, 5.41) is 7.16. The molecule has 15 heavy (non-hydrogen) atoms. The number of halogens is 1. The van der Waals surface area contributed by atoms with Crippen molar-refractivity contribution < 1.29 is 22.7 Å². The molecule has 0 aromatic heterocycles. The van der Waals surface area contributed by atoms with Crippen LogP contribution in [0.4, 0.5) is 4.39 Å². The van der Waals surface area contributed by atoms with Gasteiger partial charge in [0, 0.05) is 12.0 Å². The second kappa shape index (κ2) is 3.03. The molecule has 0 saturated carbocycles. The zero-order valence-electron chi connectivity index (χ0n) is 7.47. The fraction of sp³-hybridized carbons (Fsp3) is 0.222. The highest BCUT2D eigenvalue weighted by molar-refractivity contribution is 7.93. The Hall–Kier alpha value is -1.43. The minimum absolute atomic E-state index is 0.0232. The first kappa shape index (κ1) is 10.1. The zero-order chi connectivity index (χ0) is 11.2. The molecule has 0 amide bonds. The van der Waals surface area contributed by atoms with E-state index in [0.717, 1.165) is 6.07 Å². The minimum atomic E-state index is -3.91. The van der Waals surface area contributed by atoms with Crippen molar-refractivity contribution in [2.75, 3.05) is 0 Å². The van der Waals surface area contributed by atoms with Gasteiger partial charge in [-0.25, -0.2) is 12.8 Å². The molecule has 1 atom stereocenters. The highest BCUT2D eigenvalue weighted by atomic mass is 32.2. The van der Waals surface area contributed by atoms with Crippen molar-refractivity contribution in [3.05, 3.63) is 29.6 Å². The van der Waals surface area contributed by atoms with E-state index in [-0.39, 0.29) is 16.9 Å². The van der Waals surface area contributed by atoms with Crippen LogP contribution >= 0.6 is 0 Å². The van der Waals surface area contributed by atoms with Gasteiger partial charge in [0.2, 0.25) is 0 Å². The number of benzene rings is 1. The van der Waals surface area contributed by atoms with Crippen molar-refractivity contribution in [3.8, 4) is 0 Å². The topological polar surface area (TPSA) is 71.4 Å². The van der Waals surface area contributed by atoms with Gasteiger partial charge in [0.1, 0.15) is 5.82 Å². The van der Waals surface area contributed by atoms with Crippen LogP contribution in [0.1, 0.15) is 5.56 Å². The van der Waals surface area contributed by atoms with Gasteiger partial charge in [0.25, 0.3) is 0 Å². The van der Waals surface area contributed by atoms with Gasteiger partial charge < -0.3 is 5.11 Å². The fourth-order valence-corrected chi connectivity index (χ4v) is 3.42. The monoisotopic (exact) mass is 230 g/mol. The zero-order valence-corrected chi connectivity index (χ0v) is 8.29. The van der Waals surface area contributed by atoms with Crippen LogP contribution in [0.2, 0.25) is 0 Å². The molecular formula is C9H7FO4S. The number of sulfone groups is 1. The maximum atomic E-state index is 13.2. The molecule has 1 unspecified atom stereocenters. The normalized spacial score (nSPS) is 22.3. The summed E-state index contributed by atoms with van der Waals surface area (Å²) < 4.78 is 36.5. The van der Waals surface area contributed by atoms with E-state index in [9.17, 15) is 17.6 Å². The van der Waals surface area contributed by atoms with E-state index in [1.54, 1.807) is 0 Å². The Morgan fingerprint density at radius 1 is 1.47 bits per heavy atom. The Bertz CT molecular complexity index is 535. The molecule has 1 aliphatic heterocycles. The summed E-state index contributed by atoms with van der Waals surface area (Å²) in [4.78, 5) is 10.5. The molecule has 1 aromatic carbocycles. The summed E-state index contributed by atoms with van der Waals surface area (Å²) in [6.45, 7) is 0. The number of carboxylic acids is 1. The molecule has 2 rings (SSSR count). The van der Waals surface area contributed by atoms with Gasteiger partial charge in [-0.2, -0.15) is 0 Å². The Kier molecular flexibility index (Phi) is 2.04. The SMILES string of the molecule is O=C(O)C1Cc2c(F)cccc2S1(=O)=O. The molecule has 6 heteroatoms.